The fourth-order valence-electron chi connectivity index (χ4n) is 13.3. The fourth-order valence-corrected chi connectivity index (χ4v) is 14.3. The van der Waals surface area contributed by atoms with Crippen LogP contribution in [0.3, 0.4) is 0 Å². The summed E-state index contributed by atoms with van der Waals surface area (Å²) < 4.78 is 4.98. The zero-order valence-electron chi connectivity index (χ0n) is 44.9. The molecule has 0 aliphatic heterocycles. The Labute approximate surface area is 475 Å². The van der Waals surface area contributed by atoms with Crippen LogP contribution in [-0.2, 0) is 5.41 Å². The van der Waals surface area contributed by atoms with Crippen molar-refractivity contribution in [2.75, 3.05) is 9.80 Å². The first-order valence-corrected chi connectivity index (χ1v) is 28.8. The van der Waals surface area contributed by atoms with E-state index in [0.29, 0.717) is 0 Å². The van der Waals surface area contributed by atoms with Crippen molar-refractivity contribution in [1.29, 1.82) is 0 Å². The van der Waals surface area contributed by atoms with Gasteiger partial charge in [-0.15, -0.1) is 11.3 Å². The van der Waals surface area contributed by atoms with Crippen molar-refractivity contribution < 1.29 is 0 Å². The second kappa shape index (κ2) is 18.6. The van der Waals surface area contributed by atoms with Gasteiger partial charge in [-0.1, -0.05) is 196 Å². The second-order valence-electron chi connectivity index (χ2n) is 22.1. The van der Waals surface area contributed by atoms with Crippen LogP contribution < -0.4 is 9.80 Å². The average molecular weight is 1050 g/mol. The first-order valence-electron chi connectivity index (χ1n) is 28.0. The predicted molar refractivity (Wildman–Crippen MR) is 346 cm³/mol. The highest BCUT2D eigenvalue weighted by Gasteiger charge is 2.37. The molecule has 81 heavy (non-hydrogen) atoms. The third kappa shape index (κ3) is 7.63. The Bertz CT molecular complexity index is 4970. The lowest BCUT2D eigenvalue weighted by Crippen LogP contribution is -2.15. The number of aromatic nitrogens is 1. The van der Waals surface area contributed by atoms with E-state index in [-0.39, 0.29) is 5.41 Å². The van der Waals surface area contributed by atoms with Gasteiger partial charge >= 0.3 is 0 Å². The van der Waals surface area contributed by atoms with Gasteiger partial charge in [-0.25, -0.2) is 0 Å². The molecule has 1 aliphatic rings. The van der Waals surface area contributed by atoms with Gasteiger partial charge < -0.3 is 14.4 Å². The van der Waals surface area contributed by atoms with E-state index in [1.54, 1.807) is 0 Å². The zero-order chi connectivity index (χ0) is 53.8. The molecule has 4 heteroatoms. The van der Waals surface area contributed by atoms with Crippen molar-refractivity contribution in [3.63, 3.8) is 0 Å². The molecule has 0 N–H and O–H groups in total. The molecule has 0 fully saturated rings. The maximum atomic E-state index is 2.50. The summed E-state index contributed by atoms with van der Waals surface area (Å²) in [6.07, 6.45) is 0. The number of hydrogen-bond acceptors (Lipinski definition) is 3. The van der Waals surface area contributed by atoms with Crippen LogP contribution in [0.5, 0.6) is 0 Å². The second-order valence-corrected chi connectivity index (χ2v) is 23.2. The highest BCUT2D eigenvalue weighted by atomic mass is 32.1. The van der Waals surface area contributed by atoms with Crippen molar-refractivity contribution in [2.45, 2.75) is 19.3 Å². The van der Waals surface area contributed by atoms with E-state index in [1.165, 1.54) is 97.0 Å². The van der Waals surface area contributed by atoms with Crippen LogP contribution in [0, 0.1) is 0 Å². The maximum Gasteiger partial charge on any atom is 0.0561 e. The number of rotatable bonds is 9. The summed E-state index contributed by atoms with van der Waals surface area (Å²) in [4.78, 5) is 4.93. The van der Waals surface area contributed by atoms with E-state index in [1.807, 2.05) is 11.3 Å². The molecular formula is C77H53N3S. The van der Waals surface area contributed by atoms with E-state index >= 15 is 0 Å². The van der Waals surface area contributed by atoms with Gasteiger partial charge in [-0.05, 0) is 169 Å². The molecule has 0 bridgehead atoms. The Kier molecular flexibility index (Phi) is 10.8. The average Bonchev–Trinajstić information content (AvgIpc) is 4.23. The molecule has 0 saturated carbocycles. The number of fused-ring (bicyclic) bond motifs is 12. The van der Waals surface area contributed by atoms with Crippen molar-refractivity contribution >= 4 is 109 Å². The number of anilines is 6. The highest BCUT2D eigenvalue weighted by Crippen LogP contribution is 2.53. The number of nitrogens with zero attached hydrogens (tertiary/aromatic N) is 3. The van der Waals surface area contributed by atoms with Crippen LogP contribution >= 0.6 is 11.3 Å². The molecule has 0 spiro atoms. The third-order valence-electron chi connectivity index (χ3n) is 17.1. The van der Waals surface area contributed by atoms with Crippen LogP contribution in [0.25, 0.3) is 103 Å². The van der Waals surface area contributed by atoms with Gasteiger partial charge in [-0.2, -0.15) is 0 Å². The summed E-state index contributed by atoms with van der Waals surface area (Å²) in [6.45, 7) is 4.79. The molecule has 0 amide bonds. The number of thiophene rings is 1. The molecule has 3 nitrogen and oxygen atoms in total. The molecule has 0 radical (unpaired) electrons. The summed E-state index contributed by atoms with van der Waals surface area (Å²) >= 11 is 1.86. The normalized spacial score (nSPS) is 12.7. The Morgan fingerprint density at radius 2 is 0.889 bits per heavy atom. The molecule has 0 saturated heterocycles. The van der Waals surface area contributed by atoms with Gasteiger partial charge in [0.15, 0.2) is 0 Å². The van der Waals surface area contributed by atoms with Gasteiger partial charge in [-0.3, -0.25) is 0 Å². The summed E-state index contributed by atoms with van der Waals surface area (Å²) in [5.74, 6) is 0. The highest BCUT2D eigenvalue weighted by molar-refractivity contribution is 7.25. The summed E-state index contributed by atoms with van der Waals surface area (Å²) in [6, 6.07) is 106. The van der Waals surface area contributed by atoms with Crippen molar-refractivity contribution in [2.24, 2.45) is 0 Å². The van der Waals surface area contributed by atoms with E-state index in [0.717, 1.165) is 50.9 Å². The smallest absolute Gasteiger partial charge is 0.0561 e. The van der Waals surface area contributed by atoms with Crippen LogP contribution in [-0.4, -0.2) is 4.57 Å². The topological polar surface area (TPSA) is 11.4 Å². The molecule has 0 unspecified atom stereocenters. The van der Waals surface area contributed by atoms with Crippen LogP contribution in [0.2, 0.25) is 0 Å². The van der Waals surface area contributed by atoms with Gasteiger partial charge in [0, 0.05) is 76.2 Å². The SMILES string of the molecule is CC1(C)c2cc(-c3cc(N(c4ccccc4)c4ccc(-c5cccc6ccccc56)cc4)cc(N(c4ccc5sc6ccccc6c5c4)c4ccc5c6ccccc6n(-c6ccccc6)c5c4)c3)ccc2-c2c1ccc1ccccc21. The minimum atomic E-state index is -0.218. The first kappa shape index (κ1) is 47.0. The van der Waals surface area contributed by atoms with E-state index < -0.39 is 0 Å². The van der Waals surface area contributed by atoms with Gasteiger partial charge in [0.25, 0.3) is 0 Å². The lowest BCUT2D eigenvalue weighted by molar-refractivity contribution is 0.661. The van der Waals surface area contributed by atoms with Crippen molar-refractivity contribution in [1.82, 2.24) is 4.57 Å². The molecule has 382 valence electrons. The molecule has 1 aliphatic carbocycles. The quantitative estimate of drug-likeness (QED) is 0.143. The van der Waals surface area contributed by atoms with E-state index in [4.69, 9.17) is 0 Å². The van der Waals surface area contributed by atoms with E-state index in [9.17, 15) is 0 Å². The summed E-state index contributed by atoms with van der Waals surface area (Å²) in [5, 5.41) is 10.0. The Morgan fingerprint density at radius 1 is 0.309 bits per heavy atom. The molecule has 16 rings (SSSR count). The maximum absolute atomic E-state index is 2.50. The number of benzene rings is 13. The van der Waals surface area contributed by atoms with Crippen LogP contribution in [0.1, 0.15) is 25.0 Å². The number of para-hydroxylation sites is 3. The summed E-state index contributed by atoms with van der Waals surface area (Å²) in [7, 11) is 0. The Hall–Kier alpha value is -10.0. The minimum Gasteiger partial charge on any atom is -0.310 e. The van der Waals surface area contributed by atoms with Gasteiger partial charge in [0.2, 0.25) is 0 Å². The van der Waals surface area contributed by atoms with Gasteiger partial charge in [0.1, 0.15) is 0 Å². The van der Waals surface area contributed by atoms with Crippen LogP contribution in [0.15, 0.2) is 285 Å². The lowest BCUT2D eigenvalue weighted by Gasteiger charge is -2.31. The minimum absolute atomic E-state index is 0.218. The Balaban J connectivity index is 0.956. The summed E-state index contributed by atoms with van der Waals surface area (Å²) in [5.41, 5.74) is 19.7. The van der Waals surface area contributed by atoms with Crippen molar-refractivity contribution in [3.8, 4) is 39.1 Å². The van der Waals surface area contributed by atoms with Gasteiger partial charge in [0.05, 0.1) is 11.0 Å². The molecule has 0 atom stereocenters. The fraction of sp³-hybridized carbons (Fsp3) is 0.0390. The largest absolute Gasteiger partial charge is 0.310 e. The third-order valence-corrected chi connectivity index (χ3v) is 18.3. The molecule has 15 aromatic rings. The Morgan fingerprint density at radius 3 is 1.69 bits per heavy atom. The molecule has 2 aromatic heterocycles. The van der Waals surface area contributed by atoms with Crippen LogP contribution in [0.4, 0.5) is 34.1 Å². The van der Waals surface area contributed by atoms with E-state index in [2.05, 4.69) is 313 Å². The predicted octanol–water partition coefficient (Wildman–Crippen LogP) is 22.0. The molecule has 13 aromatic carbocycles. The lowest BCUT2D eigenvalue weighted by atomic mass is 9.81. The molecular weight excluding hydrogens is 999 g/mol. The van der Waals surface area contributed by atoms with Crippen molar-refractivity contribution in [3.05, 3.63) is 296 Å². The number of hydrogen-bond donors (Lipinski definition) is 0. The standard InChI is InChI=1S/C77H53N3S/c1-77(2)70-42-35-51-19-10-12-26-64(51)76(70)68-40-34-53(46-71(68)77)54-44-60(78(55-21-5-3-6-22-55)57-36-32-52(33-37-57)63-29-17-20-50-18-9-11-25-62(50)63)47-61(45-54)79(58-39-43-75-69(48-58)67-28-14-16-31-74(67)81-75)59-38-41-66-65-27-13-15-30-72(65)80(73(66)49-59)56-23-7-4-8-24-56/h3-49H,1-2H3. The zero-order valence-corrected chi connectivity index (χ0v) is 45.7. The first-order chi connectivity index (χ1) is 39.9. The molecule has 2 heterocycles. The monoisotopic (exact) mass is 1050 g/mol.